The summed E-state index contributed by atoms with van der Waals surface area (Å²) >= 11 is 0. The molecule has 0 spiro atoms. The zero-order valence-corrected chi connectivity index (χ0v) is 8.87. The minimum Gasteiger partial charge on any atom is -0.333 e. The van der Waals surface area contributed by atoms with Crippen LogP contribution in [0.3, 0.4) is 0 Å². The van der Waals surface area contributed by atoms with E-state index in [0.717, 1.165) is 13.0 Å². The van der Waals surface area contributed by atoms with E-state index in [9.17, 15) is 0 Å². The Kier molecular flexibility index (Phi) is 3.19. The number of hydrogen-bond donors (Lipinski definition) is 1. The average molecular weight is 193 g/mol. The second kappa shape index (κ2) is 4.60. The van der Waals surface area contributed by atoms with E-state index >= 15 is 0 Å². The highest BCUT2D eigenvalue weighted by Gasteiger charge is 2.15. The molecule has 0 radical (unpaired) electrons. The fraction of sp³-hybridized carbons (Fsp3) is 0.727. The van der Waals surface area contributed by atoms with Crippen LogP contribution in [0.15, 0.2) is 12.4 Å². The zero-order valence-electron chi connectivity index (χ0n) is 8.87. The summed E-state index contributed by atoms with van der Waals surface area (Å²) in [7, 11) is 0. The largest absolute Gasteiger partial charge is 0.333 e. The minimum absolute atomic E-state index is 0.666. The molecule has 78 valence electrons. The highest BCUT2D eigenvalue weighted by Crippen LogP contribution is 2.09. The van der Waals surface area contributed by atoms with Gasteiger partial charge in [-0.3, -0.25) is 0 Å². The standard InChI is InChI=1S/C11H19N3/c1-2-4-11-13-7-8-14(11)9-10-5-3-6-12-10/h7-8,10,12H,2-6,9H2,1H3/t10-/m1/s1. The highest BCUT2D eigenvalue weighted by atomic mass is 15.1. The van der Waals surface area contributed by atoms with E-state index in [1.54, 1.807) is 0 Å². The van der Waals surface area contributed by atoms with Crippen LogP contribution in [0, 0.1) is 0 Å². The topological polar surface area (TPSA) is 29.9 Å². The van der Waals surface area contributed by atoms with Crippen LogP contribution in [0.1, 0.15) is 32.0 Å². The molecule has 0 unspecified atom stereocenters. The summed E-state index contributed by atoms with van der Waals surface area (Å²) in [5.74, 6) is 1.24. The lowest BCUT2D eigenvalue weighted by atomic mass is 10.2. The van der Waals surface area contributed by atoms with E-state index in [0.29, 0.717) is 6.04 Å². The number of hydrogen-bond acceptors (Lipinski definition) is 2. The molecule has 3 heteroatoms. The first-order valence-corrected chi connectivity index (χ1v) is 5.63. The van der Waals surface area contributed by atoms with Crippen molar-refractivity contribution >= 4 is 0 Å². The van der Waals surface area contributed by atoms with Gasteiger partial charge in [0.05, 0.1) is 0 Å². The highest BCUT2D eigenvalue weighted by molar-refractivity contribution is 4.94. The molecular formula is C11H19N3. The molecule has 0 aromatic carbocycles. The maximum Gasteiger partial charge on any atom is 0.108 e. The summed E-state index contributed by atoms with van der Waals surface area (Å²) in [6.07, 6.45) is 8.92. The van der Waals surface area contributed by atoms with Gasteiger partial charge in [-0.25, -0.2) is 4.98 Å². The molecule has 1 fully saturated rings. The van der Waals surface area contributed by atoms with Gasteiger partial charge in [-0.1, -0.05) is 6.92 Å². The lowest BCUT2D eigenvalue weighted by Crippen LogP contribution is -2.27. The lowest BCUT2D eigenvalue weighted by molar-refractivity contribution is 0.495. The van der Waals surface area contributed by atoms with Crippen LogP contribution in [0.5, 0.6) is 0 Å². The van der Waals surface area contributed by atoms with Crippen molar-refractivity contribution in [3.8, 4) is 0 Å². The lowest BCUT2D eigenvalue weighted by Gasteiger charge is -2.13. The van der Waals surface area contributed by atoms with Gasteiger partial charge >= 0.3 is 0 Å². The van der Waals surface area contributed by atoms with Crippen LogP contribution in [0.4, 0.5) is 0 Å². The molecule has 0 aliphatic carbocycles. The maximum atomic E-state index is 4.38. The first-order chi connectivity index (χ1) is 6.90. The fourth-order valence-electron chi connectivity index (χ4n) is 2.11. The van der Waals surface area contributed by atoms with E-state index in [1.165, 1.54) is 31.6 Å². The van der Waals surface area contributed by atoms with Crippen LogP contribution in [-0.2, 0) is 13.0 Å². The Morgan fingerprint density at radius 2 is 2.57 bits per heavy atom. The zero-order chi connectivity index (χ0) is 9.80. The Morgan fingerprint density at radius 3 is 3.29 bits per heavy atom. The van der Waals surface area contributed by atoms with Gasteiger partial charge in [0.2, 0.25) is 0 Å². The van der Waals surface area contributed by atoms with Crippen molar-refractivity contribution in [2.75, 3.05) is 6.54 Å². The summed E-state index contributed by atoms with van der Waals surface area (Å²) < 4.78 is 2.30. The molecule has 0 saturated carbocycles. The fourth-order valence-corrected chi connectivity index (χ4v) is 2.11. The second-order valence-corrected chi connectivity index (χ2v) is 4.04. The second-order valence-electron chi connectivity index (χ2n) is 4.04. The van der Waals surface area contributed by atoms with Gasteiger partial charge in [0.1, 0.15) is 5.82 Å². The number of nitrogens with one attached hydrogen (secondary N) is 1. The van der Waals surface area contributed by atoms with Crippen molar-refractivity contribution in [2.24, 2.45) is 0 Å². The molecule has 0 amide bonds. The van der Waals surface area contributed by atoms with Crippen molar-refractivity contribution in [3.05, 3.63) is 18.2 Å². The molecule has 3 nitrogen and oxygen atoms in total. The first-order valence-electron chi connectivity index (χ1n) is 5.63. The van der Waals surface area contributed by atoms with Gasteiger partial charge < -0.3 is 9.88 Å². The van der Waals surface area contributed by atoms with Gasteiger partial charge in [-0.05, 0) is 25.8 Å². The summed E-state index contributed by atoms with van der Waals surface area (Å²) in [4.78, 5) is 4.38. The third kappa shape index (κ3) is 2.15. The molecule has 1 atom stereocenters. The summed E-state index contributed by atoms with van der Waals surface area (Å²) in [6.45, 7) is 4.48. The van der Waals surface area contributed by atoms with Crippen LogP contribution >= 0.6 is 0 Å². The Hall–Kier alpha value is -0.830. The summed E-state index contributed by atoms with van der Waals surface area (Å²) in [5, 5.41) is 3.52. The van der Waals surface area contributed by atoms with Crippen LogP contribution < -0.4 is 5.32 Å². The van der Waals surface area contributed by atoms with E-state index in [2.05, 4.69) is 28.0 Å². The van der Waals surface area contributed by atoms with E-state index < -0.39 is 0 Å². The predicted molar refractivity (Wildman–Crippen MR) is 57.2 cm³/mol. The first kappa shape index (κ1) is 9.71. The van der Waals surface area contributed by atoms with E-state index in [4.69, 9.17) is 0 Å². The Balaban J connectivity index is 1.96. The molecule has 0 bridgehead atoms. The van der Waals surface area contributed by atoms with Gasteiger partial charge in [0.15, 0.2) is 0 Å². The average Bonchev–Trinajstić information content (AvgIpc) is 2.80. The Bertz CT molecular complexity index is 274. The summed E-state index contributed by atoms with van der Waals surface area (Å²) in [5.41, 5.74) is 0. The van der Waals surface area contributed by atoms with E-state index in [1.807, 2.05) is 6.20 Å². The molecule has 14 heavy (non-hydrogen) atoms. The van der Waals surface area contributed by atoms with Gasteiger partial charge in [0, 0.05) is 31.4 Å². The molecule has 1 aliphatic rings. The number of nitrogens with zero attached hydrogens (tertiary/aromatic N) is 2. The van der Waals surface area contributed by atoms with Crippen molar-refractivity contribution in [2.45, 2.75) is 45.2 Å². The number of rotatable bonds is 4. The predicted octanol–water partition coefficient (Wildman–Crippen LogP) is 1.59. The Morgan fingerprint density at radius 1 is 1.64 bits per heavy atom. The monoisotopic (exact) mass is 193 g/mol. The van der Waals surface area contributed by atoms with Crippen molar-refractivity contribution in [1.82, 2.24) is 14.9 Å². The molecule has 2 rings (SSSR count). The van der Waals surface area contributed by atoms with Gasteiger partial charge in [0.25, 0.3) is 0 Å². The van der Waals surface area contributed by atoms with Crippen LogP contribution in [0.2, 0.25) is 0 Å². The molecular weight excluding hydrogens is 174 g/mol. The molecule has 1 aliphatic heterocycles. The number of aromatic nitrogens is 2. The normalized spacial score (nSPS) is 21.6. The van der Waals surface area contributed by atoms with Gasteiger partial charge in [-0.2, -0.15) is 0 Å². The number of aryl methyl sites for hydroxylation is 1. The smallest absolute Gasteiger partial charge is 0.108 e. The minimum atomic E-state index is 0.666. The summed E-state index contributed by atoms with van der Waals surface area (Å²) in [6, 6.07) is 0.666. The Labute approximate surface area is 85.5 Å². The van der Waals surface area contributed by atoms with Crippen molar-refractivity contribution in [3.63, 3.8) is 0 Å². The van der Waals surface area contributed by atoms with Crippen molar-refractivity contribution < 1.29 is 0 Å². The van der Waals surface area contributed by atoms with Crippen LogP contribution in [-0.4, -0.2) is 22.1 Å². The maximum absolute atomic E-state index is 4.38. The van der Waals surface area contributed by atoms with E-state index in [-0.39, 0.29) is 0 Å². The molecule has 1 N–H and O–H groups in total. The molecule has 1 aromatic rings. The van der Waals surface area contributed by atoms with Crippen molar-refractivity contribution in [1.29, 1.82) is 0 Å². The number of imidazole rings is 1. The molecule has 2 heterocycles. The quantitative estimate of drug-likeness (QED) is 0.787. The SMILES string of the molecule is CCCc1nccn1C[C@H]1CCCN1. The third-order valence-electron chi connectivity index (χ3n) is 2.85. The molecule has 1 aromatic heterocycles. The third-order valence-corrected chi connectivity index (χ3v) is 2.85. The molecule has 1 saturated heterocycles. The van der Waals surface area contributed by atoms with Gasteiger partial charge in [-0.15, -0.1) is 0 Å². The van der Waals surface area contributed by atoms with Crippen LogP contribution in [0.25, 0.3) is 0 Å².